The fraction of sp³-hybridized carbons (Fsp3) is 0.385. The predicted octanol–water partition coefficient (Wildman–Crippen LogP) is 11.2. The number of hydrogen-bond donors (Lipinski definition) is 1. The van der Waals surface area contributed by atoms with Crippen molar-refractivity contribution in [3.05, 3.63) is 118 Å². The summed E-state index contributed by atoms with van der Waals surface area (Å²) in [6, 6.07) is 5.56. The van der Waals surface area contributed by atoms with Crippen LogP contribution < -0.4 is 18.9 Å². The van der Waals surface area contributed by atoms with E-state index in [1.807, 2.05) is 0 Å². The number of unbranched alkanes of at least 4 members (excludes halogenated alkanes) is 10. The first-order valence-corrected chi connectivity index (χ1v) is 18.0. The Hall–Kier alpha value is -4.54. The fourth-order valence-electron chi connectivity index (χ4n) is 5.50. The zero-order valence-electron chi connectivity index (χ0n) is 30.6. The molecule has 0 aliphatic heterocycles. The Labute approximate surface area is 317 Å². The third kappa shape index (κ3) is 13.6. The van der Waals surface area contributed by atoms with Crippen LogP contribution in [0.25, 0.3) is 0 Å². The Balaban J connectivity index is 0.000000817. The van der Waals surface area contributed by atoms with Gasteiger partial charge < -0.3 is 14.0 Å². The van der Waals surface area contributed by atoms with E-state index < -0.39 is 100 Å². The maximum absolute atomic E-state index is 15.3. The van der Waals surface area contributed by atoms with Crippen molar-refractivity contribution in [3.8, 4) is 17.2 Å². The summed E-state index contributed by atoms with van der Waals surface area (Å²) < 4.78 is 179. The second-order valence-corrected chi connectivity index (χ2v) is 12.6. The van der Waals surface area contributed by atoms with E-state index in [-0.39, 0.29) is 13.1 Å². The first kappa shape index (κ1) is 45.9. The van der Waals surface area contributed by atoms with Crippen LogP contribution in [0.3, 0.4) is 0 Å². The lowest BCUT2D eigenvalue weighted by atomic mass is 10.1. The minimum atomic E-state index is -2.31. The molecule has 1 atom stereocenters. The highest BCUT2D eigenvalue weighted by molar-refractivity contribution is 6.39. The van der Waals surface area contributed by atoms with Crippen molar-refractivity contribution in [2.45, 2.75) is 84.5 Å². The molecular formula is C39H40BF12NO3. The van der Waals surface area contributed by atoms with Crippen molar-refractivity contribution in [3.63, 3.8) is 0 Å². The average Bonchev–Trinajstić information content (AvgIpc) is 3.15. The van der Waals surface area contributed by atoms with Crippen LogP contribution >= 0.6 is 0 Å². The Bertz CT molecular complexity index is 1740. The lowest BCUT2D eigenvalue weighted by Gasteiger charge is -2.23. The van der Waals surface area contributed by atoms with Gasteiger partial charge in [-0.25, -0.2) is 39.5 Å². The summed E-state index contributed by atoms with van der Waals surface area (Å²) in [6.07, 6.45) is 11.7. The maximum atomic E-state index is 15.3. The van der Waals surface area contributed by atoms with Gasteiger partial charge in [-0.1, -0.05) is 64.7 Å². The van der Waals surface area contributed by atoms with E-state index in [2.05, 4.69) is 13.0 Å². The predicted molar refractivity (Wildman–Crippen MR) is 184 cm³/mol. The number of hydrogen-bond acceptors (Lipinski definition) is 3. The van der Waals surface area contributed by atoms with Gasteiger partial charge in [-0.3, -0.25) is 13.7 Å². The molecule has 0 spiro atoms. The molecule has 4 aromatic rings. The van der Waals surface area contributed by atoms with Gasteiger partial charge in [0, 0.05) is 42.0 Å². The molecule has 0 bridgehead atoms. The number of nitrogens with one attached hydrogen (secondary N) is 1. The molecule has 4 nitrogen and oxygen atoms in total. The third-order valence-corrected chi connectivity index (χ3v) is 8.43. The van der Waals surface area contributed by atoms with Crippen LogP contribution in [0.4, 0.5) is 58.4 Å². The molecular weight excluding hydrogens is 769 g/mol. The van der Waals surface area contributed by atoms with Crippen molar-refractivity contribution in [2.24, 2.45) is 0 Å². The number of rotatable bonds is 20. The van der Waals surface area contributed by atoms with Crippen LogP contribution in [0.15, 0.2) is 42.5 Å². The molecule has 0 aliphatic carbocycles. The number of benzene rings is 4. The van der Waals surface area contributed by atoms with Gasteiger partial charge in [0.2, 0.25) is 17.3 Å². The number of quaternary nitrogens is 1. The Kier molecular flexibility index (Phi) is 18.7. The van der Waals surface area contributed by atoms with E-state index in [1.54, 1.807) is 6.92 Å². The van der Waals surface area contributed by atoms with Crippen molar-refractivity contribution in [2.75, 3.05) is 13.1 Å². The van der Waals surface area contributed by atoms with Crippen LogP contribution in [0, 0.1) is 75.9 Å². The van der Waals surface area contributed by atoms with Crippen molar-refractivity contribution in [1.82, 2.24) is 0 Å². The van der Waals surface area contributed by atoms with Gasteiger partial charge in [0.05, 0.1) is 18.9 Å². The summed E-state index contributed by atoms with van der Waals surface area (Å²) in [7, 11) is -2.31. The molecule has 0 radical (unpaired) electrons. The lowest BCUT2D eigenvalue weighted by Crippen LogP contribution is -3.07. The summed E-state index contributed by atoms with van der Waals surface area (Å²) in [5.74, 6) is -21.6. The van der Waals surface area contributed by atoms with Crippen molar-refractivity contribution < 1.29 is 71.5 Å². The van der Waals surface area contributed by atoms with E-state index >= 15 is 4.39 Å². The summed E-state index contributed by atoms with van der Waals surface area (Å²) in [4.78, 5) is 0.337. The van der Waals surface area contributed by atoms with Crippen molar-refractivity contribution in [1.29, 1.82) is 0 Å². The van der Waals surface area contributed by atoms with Gasteiger partial charge in [0.25, 0.3) is 0 Å². The highest BCUT2D eigenvalue weighted by Gasteiger charge is 2.37. The average molecular weight is 810 g/mol. The molecule has 0 heterocycles. The number of halogens is 12. The van der Waals surface area contributed by atoms with Crippen LogP contribution in [0.5, 0.6) is 17.2 Å². The largest absolute Gasteiger partial charge is 0.864 e. The molecule has 0 saturated heterocycles. The SMILES string of the molecule is CCCCCCCCCCCCC[NH+](CC)c1c(OB(Oc2cc(F)c(F)c(F)c2)Oc2cc(F)c(F)c(F)c2)cc(F)c(F)c1F.Fc1c[c-]cc(F)c1F. The monoisotopic (exact) mass is 809 g/mol. The zero-order chi connectivity index (χ0) is 41.4. The molecule has 17 heteroatoms. The lowest BCUT2D eigenvalue weighted by molar-refractivity contribution is -0.832. The molecule has 0 amide bonds. The third-order valence-electron chi connectivity index (χ3n) is 8.43. The summed E-state index contributed by atoms with van der Waals surface area (Å²) in [6.45, 7) is 4.30. The summed E-state index contributed by atoms with van der Waals surface area (Å²) in [5.41, 5.74) is -0.469. The summed E-state index contributed by atoms with van der Waals surface area (Å²) in [5, 5.41) is 0. The Morgan fingerprint density at radius 3 is 1.27 bits per heavy atom. The molecule has 306 valence electrons. The van der Waals surface area contributed by atoms with Gasteiger partial charge in [0.15, 0.2) is 46.5 Å². The molecule has 0 fully saturated rings. The highest BCUT2D eigenvalue weighted by atomic mass is 19.2. The van der Waals surface area contributed by atoms with E-state index in [0.717, 1.165) is 44.2 Å². The molecule has 1 N–H and O–H groups in total. The van der Waals surface area contributed by atoms with Crippen LogP contribution in [0.1, 0.15) is 84.5 Å². The van der Waals surface area contributed by atoms with E-state index in [4.69, 9.17) is 14.0 Å². The molecule has 0 saturated carbocycles. The van der Waals surface area contributed by atoms with E-state index in [9.17, 15) is 48.3 Å². The normalized spacial score (nSPS) is 11.5. The van der Waals surface area contributed by atoms with Crippen LogP contribution in [0.2, 0.25) is 0 Å². The molecule has 0 aromatic heterocycles. The van der Waals surface area contributed by atoms with E-state index in [1.165, 1.54) is 32.1 Å². The topological polar surface area (TPSA) is 32.1 Å². The van der Waals surface area contributed by atoms with E-state index in [0.29, 0.717) is 41.7 Å². The fourth-order valence-corrected chi connectivity index (χ4v) is 5.50. The second-order valence-electron chi connectivity index (χ2n) is 12.6. The zero-order valence-corrected chi connectivity index (χ0v) is 30.6. The Morgan fingerprint density at radius 1 is 0.464 bits per heavy atom. The standard InChI is InChI=1S/C33H37BF9NO3.C6H2F3/c1-3-5-6-7-8-9-10-11-12-13-14-15-44(4-2)33-28(20-27(39)31(42)32(33)43)47-34(45-21-16-23(35)29(40)24(36)17-21)46-22-18-25(37)30(41)26(38)19-22;7-4-2-1-3-5(8)6(4)9/h16-20H,3-15H2,1-2H3;2-3H/q;-1/p+1. The summed E-state index contributed by atoms with van der Waals surface area (Å²) >= 11 is 0. The van der Waals surface area contributed by atoms with Crippen molar-refractivity contribution >= 4 is 13.0 Å². The Morgan fingerprint density at radius 2 is 0.857 bits per heavy atom. The van der Waals surface area contributed by atoms with Gasteiger partial charge in [-0.15, -0.1) is 12.1 Å². The minimum absolute atomic E-state index is 0.186. The van der Waals surface area contributed by atoms with Gasteiger partial charge in [0.1, 0.15) is 11.5 Å². The highest BCUT2D eigenvalue weighted by Crippen LogP contribution is 2.31. The smallest absolute Gasteiger partial charge is 0.489 e. The van der Waals surface area contributed by atoms with Gasteiger partial charge in [-0.05, 0) is 19.8 Å². The second kappa shape index (κ2) is 22.9. The van der Waals surface area contributed by atoms with Crippen LogP contribution in [-0.2, 0) is 0 Å². The van der Waals surface area contributed by atoms with Gasteiger partial charge >= 0.3 is 7.32 Å². The molecule has 1 unspecified atom stereocenters. The molecule has 56 heavy (non-hydrogen) atoms. The minimum Gasteiger partial charge on any atom is -0.489 e. The molecule has 0 aliphatic rings. The van der Waals surface area contributed by atoms with Crippen LogP contribution in [-0.4, -0.2) is 20.4 Å². The van der Waals surface area contributed by atoms with Gasteiger partial charge in [-0.2, -0.15) is 10.5 Å². The first-order valence-electron chi connectivity index (χ1n) is 18.0. The molecule has 4 rings (SSSR count). The first-order chi connectivity index (χ1) is 26.7. The quantitative estimate of drug-likeness (QED) is 0.0317. The molecule has 4 aromatic carbocycles. The maximum Gasteiger partial charge on any atom is 0.864 e.